The molecule has 1 aromatic carbocycles. The summed E-state index contributed by atoms with van der Waals surface area (Å²) in [6, 6.07) is 19.1. The highest BCUT2D eigenvalue weighted by Gasteiger charge is 2.41. The SMILES string of the molecule is Cc1cc([C@@H]2[C@H](c3ccccn3)NC(=S)N2Cc2ccco2)c(C)n1-c1ccccc1O. The summed E-state index contributed by atoms with van der Waals surface area (Å²) in [5.74, 6) is 1.09. The first kappa shape index (κ1) is 20.3. The highest BCUT2D eigenvalue weighted by molar-refractivity contribution is 7.80. The number of nitrogens with zero attached hydrogens (tertiary/aromatic N) is 3. The van der Waals surface area contributed by atoms with Crippen molar-refractivity contribution in [2.45, 2.75) is 32.5 Å². The lowest BCUT2D eigenvalue weighted by Crippen LogP contribution is -2.29. The van der Waals surface area contributed by atoms with Crippen LogP contribution in [0.1, 0.15) is 40.5 Å². The minimum Gasteiger partial charge on any atom is -0.506 e. The summed E-state index contributed by atoms with van der Waals surface area (Å²) in [4.78, 5) is 6.77. The smallest absolute Gasteiger partial charge is 0.170 e. The van der Waals surface area contributed by atoms with Crippen molar-refractivity contribution in [3.05, 3.63) is 102 Å². The van der Waals surface area contributed by atoms with Crippen LogP contribution in [0, 0.1) is 13.8 Å². The second-order valence-corrected chi connectivity index (χ2v) is 8.37. The number of furan rings is 1. The molecule has 2 N–H and O–H groups in total. The molecule has 162 valence electrons. The van der Waals surface area contributed by atoms with E-state index in [2.05, 4.69) is 39.7 Å². The van der Waals surface area contributed by atoms with Crippen molar-refractivity contribution in [1.29, 1.82) is 0 Å². The summed E-state index contributed by atoms with van der Waals surface area (Å²) in [6.07, 6.45) is 3.48. The number of aromatic hydroxyl groups is 1. The molecule has 6 nitrogen and oxygen atoms in total. The molecule has 0 radical (unpaired) electrons. The Bertz CT molecular complexity index is 1250. The van der Waals surface area contributed by atoms with Crippen LogP contribution < -0.4 is 5.32 Å². The fraction of sp³-hybridized carbons (Fsp3) is 0.200. The summed E-state index contributed by atoms with van der Waals surface area (Å²) in [6.45, 7) is 4.68. The van der Waals surface area contributed by atoms with Crippen molar-refractivity contribution in [2.24, 2.45) is 0 Å². The van der Waals surface area contributed by atoms with Crippen LogP contribution in [0.25, 0.3) is 5.69 Å². The van der Waals surface area contributed by atoms with Gasteiger partial charge in [0, 0.05) is 17.6 Å². The van der Waals surface area contributed by atoms with Gasteiger partial charge in [0.25, 0.3) is 0 Å². The summed E-state index contributed by atoms with van der Waals surface area (Å²) >= 11 is 5.76. The zero-order valence-corrected chi connectivity index (χ0v) is 18.7. The number of rotatable bonds is 5. The largest absolute Gasteiger partial charge is 0.506 e. The minimum atomic E-state index is -0.114. The highest BCUT2D eigenvalue weighted by Crippen LogP contribution is 2.42. The second-order valence-electron chi connectivity index (χ2n) is 7.98. The summed E-state index contributed by atoms with van der Waals surface area (Å²) in [5.41, 5.74) is 4.89. The van der Waals surface area contributed by atoms with E-state index in [1.807, 2.05) is 48.5 Å². The molecule has 0 spiro atoms. The normalized spacial score (nSPS) is 18.2. The molecule has 3 aromatic heterocycles. The summed E-state index contributed by atoms with van der Waals surface area (Å²) in [7, 11) is 0. The van der Waals surface area contributed by atoms with Crippen LogP contribution in [0.15, 0.2) is 77.5 Å². The lowest BCUT2D eigenvalue weighted by molar-refractivity contribution is 0.286. The van der Waals surface area contributed by atoms with Crippen molar-refractivity contribution < 1.29 is 9.52 Å². The van der Waals surface area contributed by atoms with Gasteiger partial charge in [-0.1, -0.05) is 18.2 Å². The molecule has 1 fully saturated rings. The fourth-order valence-corrected chi connectivity index (χ4v) is 4.90. The minimum absolute atomic E-state index is 0.0895. The molecule has 0 unspecified atom stereocenters. The number of pyridine rings is 1. The van der Waals surface area contributed by atoms with Gasteiger partial charge in [-0.2, -0.15) is 0 Å². The first-order chi connectivity index (χ1) is 15.5. The van der Waals surface area contributed by atoms with E-state index in [9.17, 15) is 5.11 Å². The Morgan fingerprint density at radius 3 is 2.62 bits per heavy atom. The van der Waals surface area contributed by atoms with Crippen molar-refractivity contribution in [3.63, 3.8) is 0 Å². The lowest BCUT2D eigenvalue weighted by atomic mass is 9.96. The number of aromatic nitrogens is 2. The predicted octanol–water partition coefficient (Wildman–Crippen LogP) is 4.96. The van der Waals surface area contributed by atoms with E-state index in [1.165, 1.54) is 0 Å². The zero-order valence-electron chi connectivity index (χ0n) is 17.9. The van der Waals surface area contributed by atoms with E-state index in [0.29, 0.717) is 11.7 Å². The van der Waals surface area contributed by atoms with Gasteiger partial charge in [0.1, 0.15) is 11.5 Å². The van der Waals surface area contributed by atoms with Gasteiger partial charge in [0.05, 0.1) is 36.3 Å². The van der Waals surface area contributed by atoms with E-state index >= 15 is 0 Å². The van der Waals surface area contributed by atoms with Crippen molar-refractivity contribution in [3.8, 4) is 11.4 Å². The van der Waals surface area contributed by atoms with Crippen LogP contribution in [0.3, 0.4) is 0 Å². The van der Waals surface area contributed by atoms with Gasteiger partial charge in [-0.3, -0.25) is 4.98 Å². The Hall–Kier alpha value is -3.58. The molecule has 2 atom stereocenters. The number of benzene rings is 1. The van der Waals surface area contributed by atoms with E-state index in [0.717, 1.165) is 34.1 Å². The molecule has 7 heteroatoms. The quantitative estimate of drug-likeness (QED) is 0.424. The first-order valence-corrected chi connectivity index (χ1v) is 10.9. The Morgan fingerprint density at radius 1 is 1.09 bits per heavy atom. The van der Waals surface area contributed by atoms with Gasteiger partial charge in [-0.25, -0.2) is 0 Å². The molecule has 32 heavy (non-hydrogen) atoms. The lowest BCUT2D eigenvalue weighted by Gasteiger charge is -2.27. The molecule has 0 aliphatic carbocycles. The molecule has 0 bridgehead atoms. The average molecular weight is 445 g/mol. The number of para-hydroxylation sites is 2. The van der Waals surface area contributed by atoms with E-state index in [4.69, 9.17) is 16.6 Å². The fourth-order valence-electron chi connectivity index (χ4n) is 4.60. The molecule has 1 aliphatic heterocycles. The topological polar surface area (TPSA) is 66.5 Å². The van der Waals surface area contributed by atoms with Gasteiger partial charge in [-0.15, -0.1) is 0 Å². The number of nitrogens with one attached hydrogen (secondary N) is 1. The molecular formula is C25H24N4O2S. The standard InChI is InChI=1S/C25H24N4O2S/c1-16-14-19(17(2)29(16)21-10-3-4-11-22(21)30)24-23(20-9-5-6-12-26-20)27-25(32)28(24)15-18-8-7-13-31-18/h3-14,23-24,30H,15H2,1-2H3,(H,27,32)/t23-,24+/m0/s1. The van der Waals surface area contributed by atoms with Crippen LogP contribution in [-0.2, 0) is 6.54 Å². The maximum Gasteiger partial charge on any atom is 0.170 e. The molecule has 0 amide bonds. The van der Waals surface area contributed by atoms with Crippen LogP contribution in [0.4, 0.5) is 0 Å². The number of hydrogen-bond donors (Lipinski definition) is 2. The van der Waals surface area contributed by atoms with Crippen LogP contribution in [0.5, 0.6) is 5.75 Å². The summed E-state index contributed by atoms with van der Waals surface area (Å²) < 4.78 is 7.72. The number of thiocarbonyl (C=S) groups is 1. The van der Waals surface area contributed by atoms with Crippen LogP contribution >= 0.6 is 12.2 Å². The number of aryl methyl sites for hydroxylation is 1. The third-order valence-electron chi connectivity index (χ3n) is 6.02. The zero-order chi connectivity index (χ0) is 22.2. The molecule has 0 saturated carbocycles. The maximum absolute atomic E-state index is 10.5. The Kier molecular flexibility index (Phi) is 5.19. The van der Waals surface area contributed by atoms with Gasteiger partial charge < -0.3 is 24.3 Å². The molecule has 4 heterocycles. The van der Waals surface area contributed by atoms with Crippen molar-refractivity contribution in [1.82, 2.24) is 19.8 Å². The highest BCUT2D eigenvalue weighted by atomic mass is 32.1. The van der Waals surface area contributed by atoms with Gasteiger partial charge in [-0.05, 0) is 74.1 Å². The van der Waals surface area contributed by atoms with Gasteiger partial charge >= 0.3 is 0 Å². The molecule has 1 saturated heterocycles. The summed E-state index contributed by atoms with van der Waals surface area (Å²) in [5, 5.41) is 14.6. The second kappa shape index (κ2) is 8.16. The first-order valence-electron chi connectivity index (χ1n) is 10.5. The third-order valence-corrected chi connectivity index (χ3v) is 6.37. The van der Waals surface area contributed by atoms with Crippen LogP contribution in [-0.4, -0.2) is 24.7 Å². The van der Waals surface area contributed by atoms with Gasteiger partial charge in [0.2, 0.25) is 0 Å². The van der Waals surface area contributed by atoms with Crippen LogP contribution in [0.2, 0.25) is 0 Å². The van der Waals surface area contributed by atoms with Gasteiger partial charge in [0.15, 0.2) is 5.11 Å². The maximum atomic E-state index is 10.5. The number of phenolic OH excluding ortho intramolecular Hbond substituents is 1. The van der Waals surface area contributed by atoms with Crippen molar-refractivity contribution >= 4 is 17.3 Å². The Balaban J connectivity index is 1.64. The monoisotopic (exact) mass is 444 g/mol. The van der Waals surface area contributed by atoms with E-state index in [-0.39, 0.29) is 17.8 Å². The number of hydrogen-bond acceptors (Lipinski definition) is 4. The average Bonchev–Trinajstić information content (AvgIpc) is 3.49. The number of phenols is 1. The molecule has 4 aromatic rings. The molecule has 5 rings (SSSR count). The third kappa shape index (κ3) is 3.44. The predicted molar refractivity (Wildman–Crippen MR) is 127 cm³/mol. The van der Waals surface area contributed by atoms with E-state index < -0.39 is 0 Å². The molecule has 1 aliphatic rings. The molecular weight excluding hydrogens is 420 g/mol. The Labute approximate surface area is 192 Å². The van der Waals surface area contributed by atoms with E-state index in [1.54, 1.807) is 18.5 Å². The van der Waals surface area contributed by atoms with Crippen molar-refractivity contribution in [2.75, 3.05) is 0 Å². The Morgan fingerprint density at radius 2 is 1.91 bits per heavy atom.